The molecule has 0 bridgehead atoms. The van der Waals surface area contributed by atoms with Gasteiger partial charge in [0.25, 0.3) is 5.91 Å². The summed E-state index contributed by atoms with van der Waals surface area (Å²) in [6.45, 7) is 6.68. The predicted octanol–water partition coefficient (Wildman–Crippen LogP) is 4.72. The number of benzene rings is 2. The molecular formula is C21H25NO4. The summed E-state index contributed by atoms with van der Waals surface area (Å²) in [6, 6.07) is 12.0. The largest absolute Gasteiger partial charge is 0.490 e. The quantitative estimate of drug-likeness (QED) is 0.661. The van der Waals surface area contributed by atoms with Crippen molar-refractivity contribution in [3.05, 3.63) is 53.6 Å². The summed E-state index contributed by atoms with van der Waals surface area (Å²) < 4.78 is 11.4. The fourth-order valence-corrected chi connectivity index (χ4v) is 2.32. The molecule has 2 aromatic carbocycles. The molecule has 0 saturated heterocycles. The van der Waals surface area contributed by atoms with Gasteiger partial charge < -0.3 is 14.8 Å². The van der Waals surface area contributed by atoms with Crippen LogP contribution in [-0.4, -0.2) is 24.9 Å². The predicted molar refractivity (Wildman–Crippen MR) is 102 cm³/mol. The van der Waals surface area contributed by atoms with Gasteiger partial charge in [-0.05, 0) is 50.1 Å². The van der Waals surface area contributed by atoms with Crippen LogP contribution in [0.4, 0.5) is 5.69 Å². The van der Waals surface area contributed by atoms with Crippen LogP contribution < -0.4 is 14.8 Å². The second kappa shape index (κ2) is 9.61. The fourth-order valence-electron chi connectivity index (χ4n) is 2.32. The number of carbonyl (C=O) groups excluding carboxylic acids is 2. The van der Waals surface area contributed by atoms with Gasteiger partial charge in [0.1, 0.15) is 0 Å². The lowest BCUT2D eigenvalue weighted by molar-refractivity contribution is 0.101. The molecule has 5 heteroatoms. The van der Waals surface area contributed by atoms with Crippen LogP contribution in [0.25, 0.3) is 0 Å². The standard InChI is InChI=1S/C21H25NO4/c1-4-11-25-19-10-9-17(14-20(19)26-12-5-2)21(24)22-18-8-6-7-16(13-18)15(3)23/h6-10,13-14H,4-5,11-12H2,1-3H3,(H,22,24). The van der Waals surface area contributed by atoms with E-state index in [1.165, 1.54) is 6.92 Å². The Kier molecular flexibility index (Phi) is 7.21. The van der Waals surface area contributed by atoms with Crippen LogP contribution in [0.1, 0.15) is 54.3 Å². The zero-order chi connectivity index (χ0) is 18.9. The Morgan fingerprint density at radius 1 is 0.885 bits per heavy atom. The average molecular weight is 355 g/mol. The Labute approximate surface area is 154 Å². The van der Waals surface area contributed by atoms with Crippen LogP contribution >= 0.6 is 0 Å². The summed E-state index contributed by atoms with van der Waals surface area (Å²) in [6.07, 6.45) is 1.75. The van der Waals surface area contributed by atoms with Gasteiger partial charge in [0, 0.05) is 16.8 Å². The summed E-state index contributed by atoms with van der Waals surface area (Å²) in [5.41, 5.74) is 1.59. The molecule has 1 N–H and O–H groups in total. The lowest BCUT2D eigenvalue weighted by Crippen LogP contribution is -2.13. The summed E-state index contributed by atoms with van der Waals surface area (Å²) in [7, 11) is 0. The number of Topliss-reactive ketones (excluding diaryl/α,β-unsaturated/α-hetero) is 1. The topological polar surface area (TPSA) is 64.6 Å². The minimum Gasteiger partial charge on any atom is -0.490 e. The van der Waals surface area contributed by atoms with Crippen molar-refractivity contribution in [3.63, 3.8) is 0 Å². The number of amides is 1. The monoisotopic (exact) mass is 355 g/mol. The normalized spacial score (nSPS) is 10.3. The molecule has 0 spiro atoms. The summed E-state index contributed by atoms with van der Waals surface area (Å²) in [5, 5.41) is 2.81. The molecule has 26 heavy (non-hydrogen) atoms. The highest BCUT2D eigenvalue weighted by molar-refractivity contribution is 6.05. The zero-order valence-electron chi connectivity index (χ0n) is 15.5. The molecule has 5 nitrogen and oxygen atoms in total. The van der Waals surface area contributed by atoms with Gasteiger partial charge in [-0.15, -0.1) is 0 Å². The molecule has 0 aliphatic carbocycles. The number of carbonyl (C=O) groups is 2. The third kappa shape index (κ3) is 5.34. The third-order valence-corrected chi connectivity index (χ3v) is 3.66. The molecule has 2 aromatic rings. The molecule has 0 atom stereocenters. The minimum absolute atomic E-state index is 0.0474. The van der Waals surface area contributed by atoms with E-state index in [-0.39, 0.29) is 11.7 Å². The first-order chi connectivity index (χ1) is 12.5. The Balaban J connectivity index is 2.19. The van der Waals surface area contributed by atoms with Gasteiger partial charge in [-0.25, -0.2) is 0 Å². The number of ketones is 1. The third-order valence-electron chi connectivity index (χ3n) is 3.66. The Bertz CT molecular complexity index is 770. The van der Waals surface area contributed by atoms with Crippen molar-refractivity contribution in [2.75, 3.05) is 18.5 Å². The van der Waals surface area contributed by atoms with E-state index in [0.717, 1.165) is 12.8 Å². The molecule has 0 aromatic heterocycles. The van der Waals surface area contributed by atoms with Gasteiger partial charge >= 0.3 is 0 Å². The number of rotatable bonds is 9. The molecule has 1 amide bonds. The molecule has 0 unspecified atom stereocenters. The summed E-state index contributed by atoms with van der Waals surface area (Å²) in [5.74, 6) is 0.878. The Morgan fingerprint density at radius 3 is 2.23 bits per heavy atom. The van der Waals surface area contributed by atoms with Gasteiger partial charge in [0.2, 0.25) is 0 Å². The minimum atomic E-state index is -0.269. The maximum absolute atomic E-state index is 12.6. The number of ether oxygens (including phenoxy) is 2. The second-order valence-electron chi connectivity index (χ2n) is 5.95. The van der Waals surface area contributed by atoms with Crippen molar-refractivity contribution < 1.29 is 19.1 Å². The summed E-state index contributed by atoms with van der Waals surface area (Å²) >= 11 is 0. The van der Waals surface area contributed by atoms with Crippen molar-refractivity contribution in [3.8, 4) is 11.5 Å². The zero-order valence-corrected chi connectivity index (χ0v) is 15.5. The lowest BCUT2D eigenvalue weighted by atomic mass is 10.1. The van der Waals surface area contributed by atoms with Crippen molar-refractivity contribution in [1.29, 1.82) is 0 Å². The lowest BCUT2D eigenvalue weighted by Gasteiger charge is -2.14. The molecule has 0 radical (unpaired) electrons. The summed E-state index contributed by atoms with van der Waals surface area (Å²) in [4.78, 5) is 24.0. The van der Waals surface area contributed by atoms with E-state index in [1.54, 1.807) is 42.5 Å². The van der Waals surface area contributed by atoms with Gasteiger partial charge in [-0.2, -0.15) is 0 Å². The number of nitrogens with one attached hydrogen (secondary N) is 1. The van der Waals surface area contributed by atoms with E-state index >= 15 is 0 Å². The van der Waals surface area contributed by atoms with Gasteiger partial charge in [0.15, 0.2) is 17.3 Å². The average Bonchev–Trinajstić information content (AvgIpc) is 2.65. The molecule has 2 rings (SSSR count). The highest BCUT2D eigenvalue weighted by Gasteiger charge is 2.13. The molecule has 138 valence electrons. The van der Waals surface area contributed by atoms with Gasteiger partial charge in [0.05, 0.1) is 13.2 Å². The smallest absolute Gasteiger partial charge is 0.255 e. The van der Waals surface area contributed by atoms with Crippen molar-refractivity contribution in [2.45, 2.75) is 33.6 Å². The van der Waals surface area contributed by atoms with Gasteiger partial charge in [-0.3, -0.25) is 9.59 Å². The number of anilines is 1. The van der Waals surface area contributed by atoms with Crippen LogP contribution in [-0.2, 0) is 0 Å². The fraction of sp³-hybridized carbons (Fsp3) is 0.333. The van der Waals surface area contributed by atoms with Crippen molar-refractivity contribution >= 4 is 17.4 Å². The number of hydrogen-bond donors (Lipinski definition) is 1. The molecule has 0 saturated carbocycles. The van der Waals surface area contributed by atoms with E-state index in [9.17, 15) is 9.59 Å². The van der Waals surface area contributed by atoms with Crippen LogP contribution in [0.2, 0.25) is 0 Å². The van der Waals surface area contributed by atoms with Crippen LogP contribution in [0.5, 0.6) is 11.5 Å². The van der Waals surface area contributed by atoms with Crippen LogP contribution in [0.3, 0.4) is 0 Å². The SMILES string of the molecule is CCCOc1ccc(C(=O)Nc2cccc(C(C)=O)c2)cc1OCCC. The molecule has 0 fully saturated rings. The first-order valence-corrected chi connectivity index (χ1v) is 8.87. The van der Waals surface area contributed by atoms with Crippen molar-refractivity contribution in [1.82, 2.24) is 0 Å². The van der Waals surface area contributed by atoms with E-state index in [0.29, 0.717) is 41.5 Å². The highest BCUT2D eigenvalue weighted by atomic mass is 16.5. The van der Waals surface area contributed by atoms with Gasteiger partial charge in [-0.1, -0.05) is 26.0 Å². The number of hydrogen-bond acceptors (Lipinski definition) is 4. The Morgan fingerprint density at radius 2 is 1.58 bits per heavy atom. The van der Waals surface area contributed by atoms with E-state index in [4.69, 9.17) is 9.47 Å². The van der Waals surface area contributed by atoms with E-state index < -0.39 is 0 Å². The van der Waals surface area contributed by atoms with Crippen molar-refractivity contribution in [2.24, 2.45) is 0 Å². The Hall–Kier alpha value is -2.82. The first-order valence-electron chi connectivity index (χ1n) is 8.87. The second-order valence-corrected chi connectivity index (χ2v) is 5.95. The van der Waals surface area contributed by atoms with E-state index in [1.807, 2.05) is 13.8 Å². The van der Waals surface area contributed by atoms with Crippen LogP contribution in [0.15, 0.2) is 42.5 Å². The molecule has 0 heterocycles. The molecular weight excluding hydrogens is 330 g/mol. The first kappa shape index (κ1) is 19.5. The van der Waals surface area contributed by atoms with Crippen LogP contribution in [0, 0.1) is 0 Å². The highest BCUT2D eigenvalue weighted by Crippen LogP contribution is 2.29. The maximum Gasteiger partial charge on any atom is 0.255 e. The maximum atomic E-state index is 12.6. The molecule has 0 aliphatic heterocycles. The molecule has 0 aliphatic rings. The van der Waals surface area contributed by atoms with E-state index in [2.05, 4.69) is 5.32 Å².